The lowest BCUT2D eigenvalue weighted by Gasteiger charge is -2.16. The van der Waals surface area contributed by atoms with Gasteiger partial charge in [-0.1, -0.05) is 36.4 Å². The first-order chi connectivity index (χ1) is 11.3. The molecule has 0 heterocycles. The molecule has 24 heavy (non-hydrogen) atoms. The van der Waals surface area contributed by atoms with Crippen LogP contribution in [0.5, 0.6) is 0 Å². The van der Waals surface area contributed by atoms with Crippen molar-refractivity contribution < 1.29 is 22.8 Å². The van der Waals surface area contributed by atoms with Gasteiger partial charge in [0.15, 0.2) is 0 Å². The molecule has 0 bridgehead atoms. The summed E-state index contributed by atoms with van der Waals surface area (Å²) in [5, 5.41) is 2.44. The Balaban J connectivity index is 2.15. The topological polar surface area (TPSA) is 72.2 Å². The van der Waals surface area contributed by atoms with Gasteiger partial charge in [0.25, 0.3) is 5.91 Å². The number of carbonyl (C=O) groups is 2. The molecule has 0 aromatic heterocycles. The summed E-state index contributed by atoms with van der Waals surface area (Å²) in [6, 6.07) is 11.6. The summed E-state index contributed by atoms with van der Waals surface area (Å²) >= 11 is 0. The number of carbonyl (C=O) groups excluding carboxylic acids is 2. The van der Waals surface area contributed by atoms with E-state index >= 15 is 0 Å². The highest BCUT2D eigenvalue weighted by atomic mass is 19.4. The smallest absolute Gasteiger partial charge is 0.368 e. The first-order valence-electron chi connectivity index (χ1n) is 7.09. The highest BCUT2D eigenvalue weighted by molar-refractivity contribution is 5.97. The molecule has 0 saturated heterocycles. The number of rotatable bonds is 5. The number of halogens is 3. The molecule has 2 rings (SSSR count). The maximum absolute atomic E-state index is 12.7. The van der Waals surface area contributed by atoms with Crippen molar-refractivity contribution in [3.05, 3.63) is 71.3 Å². The summed E-state index contributed by atoms with van der Waals surface area (Å²) in [5.74, 6) is -1.34. The zero-order valence-electron chi connectivity index (χ0n) is 12.5. The Labute approximate surface area is 136 Å². The largest absolute Gasteiger partial charge is 0.416 e. The van der Waals surface area contributed by atoms with Gasteiger partial charge in [0, 0.05) is 12.0 Å². The average molecular weight is 336 g/mol. The van der Waals surface area contributed by atoms with Crippen LogP contribution < -0.4 is 11.1 Å². The Morgan fingerprint density at radius 2 is 1.71 bits per heavy atom. The zero-order valence-corrected chi connectivity index (χ0v) is 12.5. The number of amides is 2. The first kappa shape index (κ1) is 17.5. The van der Waals surface area contributed by atoms with Crippen molar-refractivity contribution in [1.82, 2.24) is 5.32 Å². The van der Waals surface area contributed by atoms with Crippen molar-refractivity contribution >= 4 is 11.8 Å². The zero-order chi connectivity index (χ0) is 17.7. The van der Waals surface area contributed by atoms with E-state index in [2.05, 4.69) is 5.32 Å². The molecule has 7 heteroatoms. The van der Waals surface area contributed by atoms with Gasteiger partial charge < -0.3 is 11.1 Å². The van der Waals surface area contributed by atoms with E-state index in [9.17, 15) is 22.8 Å². The molecule has 2 amide bonds. The van der Waals surface area contributed by atoms with Crippen LogP contribution in [-0.2, 0) is 17.4 Å². The van der Waals surface area contributed by atoms with Crippen LogP contribution >= 0.6 is 0 Å². The van der Waals surface area contributed by atoms with Gasteiger partial charge >= 0.3 is 6.18 Å². The van der Waals surface area contributed by atoms with Crippen LogP contribution in [0.2, 0.25) is 0 Å². The summed E-state index contributed by atoms with van der Waals surface area (Å²) in [7, 11) is 0. The summed E-state index contributed by atoms with van der Waals surface area (Å²) < 4.78 is 38.2. The molecule has 2 aromatic rings. The molecule has 0 aliphatic heterocycles. The standard InChI is InChI=1S/C17H15F3N2O2/c18-17(19,20)13-8-4-5-11(9-13)10-14(15(21)23)22-16(24)12-6-2-1-3-7-12/h1-9,14H,10H2,(H2,21,23)(H,22,24)/t14-/m0/s1. The van der Waals surface area contributed by atoms with E-state index in [0.717, 1.165) is 12.1 Å². The normalized spacial score (nSPS) is 12.5. The summed E-state index contributed by atoms with van der Waals surface area (Å²) in [4.78, 5) is 23.6. The van der Waals surface area contributed by atoms with E-state index in [1.54, 1.807) is 30.3 Å². The highest BCUT2D eigenvalue weighted by Crippen LogP contribution is 2.29. The second-order valence-corrected chi connectivity index (χ2v) is 5.20. The van der Waals surface area contributed by atoms with Gasteiger partial charge in [0.05, 0.1) is 5.56 Å². The summed E-state index contributed by atoms with van der Waals surface area (Å²) in [6.45, 7) is 0. The van der Waals surface area contributed by atoms with Crippen LogP contribution in [0, 0.1) is 0 Å². The number of nitrogens with one attached hydrogen (secondary N) is 1. The Hall–Kier alpha value is -2.83. The molecule has 126 valence electrons. The monoisotopic (exact) mass is 336 g/mol. The van der Waals surface area contributed by atoms with Crippen LogP contribution in [0.3, 0.4) is 0 Å². The predicted octanol–water partition coefficient (Wildman–Crippen LogP) is 2.53. The molecule has 0 saturated carbocycles. The Morgan fingerprint density at radius 1 is 1.04 bits per heavy atom. The van der Waals surface area contributed by atoms with Crippen molar-refractivity contribution in [2.45, 2.75) is 18.6 Å². The van der Waals surface area contributed by atoms with Crippen LogP contribution in [0.1, 0.15) is 21.5 Å². The number of hydrogen-bond acceptors (Lipinski definition) is 2. The number of nitrogens with two attached hydrogens (primary N) is 1. The first-order valence-corrected chi connectivity index (χ1v) is 7.09. The van der Waals surface area contributed by atoms with Crippen LogP contribution in [-0.4, -0.2) is 17.9 Å². The average Bonchev–Trinajstić information content (AvgIpc) is 2.54. The molecule has 0 radical (unpaired) electrons. The molecule has 0 unspecified atom stereocenters. The summed E-state index contributed by atoms with van der Waals surface area (Å²) in [5.41, 5.74) is 5.02. The molecule has 3 N–H and O–H groups in total. The van der Waals surface area contributed by atoms with E-state index in [4.69, 9.17) is 5.73 Å². The third-order valence-electron chi connectivity index (χ3n) is 3.38. The quantitative estimate of drug-likeness (QED) is 0.881. The van der Waals surface area contributed by atoms with Crippen LogP contribution in [0.25, 0.3) is 0 Å². The van der Waals surface area contributed by atoms with Gasteiger partial charge in [0.1, 0.15) is 6.04 Å². The van der Waals surface area contributed by atoms with E-state index in [0.29, 0.717) is 5.56 Å². The molecule has 0 aliphatic rings. The van der Waals surface area contributed by atoms with Crippen molar-refractivity contribution in [3.63, 3.8) is 0 Å². The maximum Gasteiger partial charge on any atom is 0.416 e. The lowest BCUT2D eigenvalue weighted by molar-refractivity contribution is -0.137. The second-order valence-electron chi connectivity index (χ2n) is 5.20. The predicted molar refractivity (Wildman–Crippen MR) is 82.0 cm³/mol. The molecule has 4 nitrogen and oxygen atoms in total. The third-order valence-corrected chi connectivity index (χ3v) is 3.38. The SMILES string of the molecule is NC(=O)[C@H](Cc1cccc(C(F)(F)F)c1)NC(=O)c1ccccc1. The molecule has 0 fully saturated rings. The van der Waals surface area contributed by atoms with E-state index in [-0.39, 0.29) is 12.0 Å². The summed E-state index contributed by atoms with van der Waals surface area (Å²) in [6.07, 6.45) is -4.61. The Kier molecular flexibility index (Phi) is 5.23. The number of benzene rings is 2. The Morgan fingerprint density at radius 3 is 2.29 bits per heavy atom. The fourth-order valence-corrected chi connectivity index (χ4v) is 2.16. The van der Waals surface area contributed by atoms with Gasteiger partial charge in [0.2, 0.25) is 5.91 Å². The molecule has 0 spiro atoms. The van der Waals surface area contributed by atoms with E-state index in [1.807, 2.05) is 0 Å². The van der Waals surface area contributed by atoms with Gasteiger partial charge in [-0.15, -0.1) is 0 Å². The van der Waals surface area contributed by atoms with Gasteiger partial charge in [-0.3, -0.25) is 9.59 Å². The molecule has 2 aromatic carbocycles. The minimum Gasteiger partial charge on any atom is -0.368 e. The number of alkyl halides is 3. The number of hydrogen-bond donors (Lipinski definition) is 2. The minimum absolute atomic E-state index is 0.127. The lowest BCUT2D eigenvalue weighted by atomic mass is 10.0. The van der Waals surface area contributed by atoms with Crippen molar-refractivity contribution in [2.24, 2.45) is 5.73 Å². The van der Waals surface area contributed by atoms with Crippen molar-refractivity contribution in [2.75, 3.05) is 0 Å². The van der Waals surface area contributed by atoms with Gasteiger partial charge in [-0.05, 0) is 23.8 Å². The van der Waals surface area contributed by atoms with Crippen LogP contribution in [0.4, 0.5) is 13.2 Å². The molecule has 0 aliphatic carbocycles. The molecule has 1 atom stereocenters. The molecular weight excluding hydrogens is 321 g/mol. The van der Waals surface area contributed by atoms with E-state index in [1.165, 1.54) is 12.1 Å². The Bertz CT molecular complexity index is 730. The fraction of sp³-hybridized carbons (Fsp3) is 0.176. The fourth-order valence-electron chi connectivity index (χ4n) is 2.16. The number of primary amides is 1. The van der Waals surface area contributed by atoms with Crippen molar-refractivity contribution in [1.29, 1.82) is 0 Å². The molecular formula is C17H15F3N2O2. The van der Waals surface area contributed by atoms with Gasteiger partial charge in [-0.25, -0.2) is 0 Å². The highest BCUT2D eigenvalue weighted by Gasteiger charge is 2.30. The van der Waals surface area contributed by atoms with Gasteiger partial charge in [-0.2, -0.15) is 13.2 Å². The minimum atomic E-state index is -4.48. The van der Waals surface area contributed by atoms with Crippen LogP contribution in [0.15, 0.2) is 54.6 Å². The van der Waals surface area contributed by atoms with Crippen molar-refractivity contribution in [3.8, 4) is 0 Å². The second kappa shape index (κ2) is 7.16. The lowest BCUT2D eigenvalue weighted by Crippen LogP contribution is -2.45. The maximum atomic E-state index is 12.7. The third kappa shape index (κ3) is 4.58. The van der Waals surface area contributed by atoms with E-state index < -0.39 is 29.6 Å².